The molecule has 0 aromatic heterocycles. The molecule has 1 atom stereocenters. The molecule has 0 saturated heterocycles. The lowest BCUT2D eigenvalue weighted by molar-refractivity contribution is -0.120. The first kappa shape index (κ1) is 22.5. The van der Waals surface area contributed by atoms with Crippen molar-refractivity contribution in [2.24, 2.45) is 5.92 Å². The molecule has 0 saturated carbocycles. The van der Waals surface area contributed by atoms with E-state index in [9.17, 15) is 4.79 Å². The van der Waals surface area contributed by atoms with E-state index in [-0.39, 0.29) is 5.91 Å². The van der Waals surface area contributed by atoms with Crippen molar-refractivity contribution in [3.05, 3.63) is 0 Å². The maximum atomic E-state index is 11.4. The molecule has 1 unspecified atom stereocenters. The van der Waals surface area contributed by atoms with Gasteiger partial charge in [-0.1, -0.05) is 60.8 Å². The van der Waals surface area contributed by atoms with Crippen molar-refractivity contribution in [3.8, 4) is 0 Å². The van der Waals surface area contributed by atoms with E-state index in [0.717, 1.165) is 19.3 Å². The van der Waals surface area contributed by atoms with Crippen LogP contribution in [-0.4, -0.2) is 18.1 Å². The summed E-state index contributed by atoms with van der Waals surface area (Å²) >= 11 is 4.84. The van der Waals surface area contributed by atoms with Gasteiger partial charge in [0.1, 0.15) is 0 Å². The fraction of sp³-hybridized carbons (Fsp3) is 0.857. The molecule has 0 aliphatic rings. The molecule has 0 aromatic rings. The van der Waals surface area contributed by atoms with Crippen molar-refractivity contribution in [3.63, 3.8) is 0 Å². The van der Waals surface area contributed by atoms with Crippen molar-refractivity contribution in [2.45, 2.75) is 67.2 Å². The monoisotopic (exact) mass is 276 g/mol. The summed E-state index contributed by atoms with van der Waals surface area (Å²) in [5.41, 5.74) is 0. The van der Waals surface area contributed by atoms with Crippen LogP contribution in [0.15, 0.2) is 0 Å². The molecule has 0 radical (unpaired) electrons. The van der Waals surface area contributed by atoms with E-state index < -0.39 is 0 Å². The lowest BCUT2D eigenvalue weighted by Gasteiger charge is -2.13. The number of carbonyl (C=O) groups excluding carboxylic acids is 1. The molecule has 0 heterocycles. The van der Waals surface area contributed by atoms with Crippen LogP contribution < -0.4 is 10.6 Å². The van der Waals surface area contributed by atoms with Crippen molar-refractivity contribution in [1.82, 2.24) is 10.6 Å². The molecule has 1 amide bonds. The van der Waals surface area contributed by atoms with E-state index in [2.05, 4.69) is 24.5 Å². The van der Waals surface area contributed by atoms with Gasteiger partial charge in [0.05, 0.1) is 0 Å². The second-order valence-electron chi connectivity index (χ2n) is 3.39. The van der Waals surface area contributed by atoms with Crippen LogP contribution in [0.2, 0.25) is 0 Å². The van der Waals surface area contributed by atoms with Crippen molar-refractivity contribution in [1.29, 1.82) is 0 Å². The molecule has 18 heavy (non-hydrogen) atoms. The number of rotatable bonds is 5. The van der Waals surface area contributed by atoms with E-state index in [4.69, 9.17) is 12.2 Å². The minimum atomic E-state index is 0.0182. The van der Waals surface area contributed by atoms with Crippen LogP contribution in [-0.2, 0) is 4.79 Å². The van der Waals surface area contributed by atoms with E-state index in [1.165, 1.54) is 0 Å². The number of amides is 1. The van der Waals surface area contributed by atoms with Gasteiger partial charge in [-0.25, -0.2) is 0 Å². The third-order valence-electron chi connectivity index (χ3n) is 2.23. The smallest absolute Gasteiger partial charge is 0.226 e. The van der Waals surface area contributed by atoms with Gasteiger partial charge in [0.2, 0.25) is 5.91 Å². The standard InChI is InChI=1S/C10H20N2OS.2C2H6/c1-4-6-8(5-2)7-9(13)12-10(14)11-3;2*1-2/h8H,4-7H2,1-3H3,(H2,11,12,13,14);2*1-2H3. The Hall–Kier alpha value is -0.640. The molecule has 110 valence electrons. The second kappa shape index (κ2) is 18.7. The molecule has 3 nitrogen and oxygen atoms in total. The maximum Gasteiger partial charge on any atom is 0.226 e. The Morgan fingerprint density at radius 1 is 1.17 bits per heavy atom. The van der Waals surface area contributed by atoms with E-state index >= 15 is 0 Å². The zero-order chi connectivity index (χ0) is 15.0. The van der Waals surface area contributed by atoms with Gasteiger partial charge in [0.25, 0.3) is 0 Å². The molecule has 0 aliphatic heterocycles. The molecule has 0 bridgehead atoms. The first-order valence-electron chi connectivity index (χ1n) is 7.15. The minimum Gasteiger partial charge on any atom is -0.365 e. The predicted octanol–water partition coefficient (Wildman–Crippen LogP) is 3.88. The van der Waals surface area contributed by atoms with Crippen molar-refractivity contribution < 1.29 is 4.79 Å². The highest BCUT2D eigenvalue weighted by molar-refractivity contribution is 7.80. The first-order valence-corrected chi connectivity index (χ1v) is 7.56. The quantitative estimate of drug-likeness (QED) is 0.749. The number of thiocarbonyl (C=S) groups is 1. The SMILES string of the molecule is CC.CC.CCCC(CC)CC(=O)NC(=S)NC. The summed E-state index contributed by atoms with van der Waals surface area (Å²) in [6.07, 6.45) is 3.86. The average molecular weight is 276 g/mol. The van der Waals surface area contributed by atoms with Gasteiger partial charge in [0, 0.05) is 13.5 Å². The molecule has 4 heteroatoms. The summed E-state index contributed by atoms with van der Waals surface area (Å²) in [5.74, 6) is 0.504. The third kappa shape index (κ3) is 15.4. The predicted molar refractivity (Wildman–Crippen MR) is 85.8 cm³/mol. The molecule has 2 N–H and O–H groups in total. The summed E-state index contributed by atoms with van der Waals surface area (Å²) in [6, 6.07) is 0. The van der Waals surface area contributed by atoms with Gasteiger partial charge in [-0.05, 0) is 18.1 Å². The average Bonchev–Trinajstić information content (AvgIpc) is 2.42. The van der Waals surface area contributed by atoms with E-state index in [1.807, 2.05) is 27.7 Å². The Morgan fingerprint density at radius 2 is 1.67 bits per heavy atom. The van der Waals surface area contributed by atoms with Gasteiger partial charge in [-0.2, -0.15) is 0 Å². The minimum absolute atomic E-state index is 0.0182. The van der Waals surface area contributed by atoms with Crippen LogP contribution >= 0.6 is 12.2 Å². The molecule has 0 fully saturated rings. The Labute approximate surface area is 119 Å². The summed E-state index contributed by atoms with van der Waals surface area (Å²) in [4.78, 5) is 11.4. The van der Waals surface area contributed by atoms with Crippen LogP contribution in [0.1, 0.15) is 67.2 Å². The number of hydrogen-bond donors (Lipinski definition) is 2. The summed E-state index contributed by atoms with van der Waals surface area (Å²) < 4.78 is 0. The molecule has 0 spiro atoms. The zero-order valence-electron chi connectivity index (χ0n) is 13.2. The van der Waals surface area contributed by atoms with Crippen molar-refractivity contribution in [2.75, 3.05) is 7.05 Å². The highest BCUT2D eigenvalue weighted by atomic mass is 32.1. The van der Waals surface area contributed by atoms with Crippen LogP contribution in [0.25, 0.3) is 0 Å². The number of hydrogen-bond acceptors (Lipinski definition) is 2. The van der Waals surface area contributed by atoms with Crippen LogP contribution in [0.4, 0.5) is 0 Å². The lowest BCUT2D eigenvalue weighted by Crippen LogP contribution is -2.37. The number of nitrogens with one attached hydrogen (secondary N) is 2. The normalized spacial score (nSPS) is 9.94. The summed E-state index contributed by atoms with van der Waals surface area (Å²) in [7, 11) is 1.70. The largest absolute Gasteiger partial charge is 0.365 e. The summed E-state index contributed by atoms with van der Waals surface area (Å²) in [6.45, 7) is 12.3. The Morgan fingerprint density at radius 3 is 2.00 bits per heavy atom. The fourth-order valence-electron chi connectivity index (χ4n) is 1.36. The van der Waals surface area contributed by atoms with Crippen LogP contribution in [0.3, 0.4) is 0 Å². The third-order valence-corrected chi connectivity index (χ3v) is 2.53. The Bertz CT molecular complexity index is 196. The lowest BCUT2D eigenvalue weighted by atomic mass is 9.97. The van der Waals surface area contributed by atoms with Crippen LogP contribution in [0.5, 0.6) is 0 Å². The highest BCUT2D eigenvalue weighted by Crippen LogP contribution is 2.14. The zero-order valence-corrected chi connectivity index (χ0v) is 14.0. The number of carbonyl (C=O) groups is 1. The van der Waals surface area contributed by atoms with Gasteiger partial charge in [-0.15, -0.1) is 0 Å². The Kier molecular flexibility index (Phi) is 23.4. The van der Waals surface area contributed by atoms with Gasteiger partial charge < -0.3 is 10.6 Å². The van der Waals surface area contributed by atoms with E-state index in [0.29, 0.717) is 17.5 Å². The molecular formula is C14H32N2OS. The van der Waals surface area contributed by atoms with E-state index in [1.54, 1.807) is 7.05 Å². The van der Waals surface area contributed by atoms with Gasteiger partial charge in [-0.3, -0.25) is 4.79 Å². The topological polar surface area (TPSA) is 41.1 Å². The Balaban J connectivity index is -0.000000506. The van der Waals surface area contributed by atoms with Gasteiger partial charge in [0.15, 0.2) is 5.11 Å². The van der Waals surface area contributed by atoms with Gasteiger partial charge >= 0.3 is 0 Å². The first-order chi connectivity index (χ1) is 8.63. The van der Waals surface area contributed by atoms with Crippen LogP contribution in [0, 0.1) is 5.92 Å². The van der Waals surface area contributed by atoms with Crippen molar-refractivity contribution >= 4 is 23.2 Å². The molecule has 0 aliphatic carbocycles. The molecule has 0 aromatic carbocycles. The maximum absolute atomic E-state index is 11.4. The second-order valence-corrected chi connectivity index (χ2v) is 3.80. The summed E-state index contributed by atoms with van der Waals surface area (Å²) in [5, 5.41) is 5.76. The highest BCUT2D eigenvalue weighted by Gasteiger charge is 2.11. The fourth-order valence-corrected chi connectivity index (χ4v) is 1.47. The molecular weight excluding hydrogens is 244 g/mol. The molecule has 0 rings (SSSR count).